The summed E-state index contributed by atoms with van der Waals surface area (Å²) in [6, 6.07) is 0. The number of carboxylic acids is 1. The maximum atomic E-state index is 11.5. The minimum absolute atomic E-state index is 0.0185. The van der Waals surface area contributed by atoms with Crippen molar-refractivity contribution in [1.29, 1.82) is 0 Å². The van der Waals surface area contributed by atoms with Gasteiger partial charge in [-0.1, -0.05) is 12.5 Å². The first kappa shape index (κ1) is 14.6. The van der Waals surface area contributed by atoms with E-state index >= 15 is 0 Å². The van der Waals surface area contributed by atoms with E-state index in [1.165, 1.54) is 11.0 Å². The highest BCUT2D eigenvalue weighted by Crippen LogP contribution is 1.99. The molecule has 0 rings (SSSR count). The van der Waals surface area contributed by atoms with Crippen molar-refractivity contribution in [3.8, 4) is 0 Å². The molecule has 0 aromatic carbocycles. The normalized spacial score (nSPS) is 11.7. The van der Waals surface area contributed by atoms with E-state index in [0.29, 0.717) is 19.6 Å². The summed E-state index contributed by atoms with van der Waals surface area (Å²) in [6.45, 7) is 5.22. The van der Waals surface area contributed by atoms with Crippen LogP contribution in [-0.2, 0) is 9.59 Å². The van der Waals surface area contributed by atoms with Crippen LogP contribution in [0, 0.1) is 0 Å². The maximum absolute atomic E-state index is 11.5. The van der Waals surface area contributed by atoms with Crippen molar-refractivity contribution in [3.05, 3.63) is 11.6 Å². The third kappa shape index (κ3) is 6.19. The van der Waals surface area contributed by atoms with Gasteiger partial charge in [0.2, 0.25) is 5.91 Å². The van der Waals surface area contributed by atoms with E-state index in [-0.39, 0.29) is 5.91 Å². The molecule has 5 nitrogen and oxygen atoms in total. The first-order valence-electron chi connectivity index (χ1n) is 5.19. The molecule has 0 aliphatic carbocycles. The molecule has 0 aromatic rings. The van der Waals surface area contributed by atoms with Gasteiger partial charge in [0, 0.05) is 26.7 Å². The number of nitrogens with zero attached hydrogens (tertiary/aromatic N) is 2. The number of hydrogen-bond acceptors (Lipinski definition) is 3. The van der Waals surface area contributed by atoms with Crippen molar-refractivity contribution in [2.24, 2.45) is 0 Å². The Bertz CT molecular complexity index is 285. The molecule has 0 fully saturated rings. The molecule has 0 saturated carbocycles. The number of rotatable bonds is 6. The molecule has 0 saturated heterocycles. The van der Waals surface area contributed by atoms with Crippen LogP contribution in [0.5, 0.6) is 0 Å². The smallest absolute Gasteiger partial charge is 0.328 e. The van der Waals surface area contributed by atoms with Crippen molar-refractivity contribution < 1.29 is 14.7 Å². The molecule has 0 radical (unpaired) electrons. The molecule has 92 valence electrons. The van der Waals surface area contributed by atoms with Crippen LogP contribution < -0.4 is 0 Å². The summed E-state index contributed by atoms with van der Waals surface area (Å²) in [5.74, 6) is -0.933. The highest BCUT2D eigenvalue weighted by molar-refractivity contribution is 5.80. The molecular formula is C11H20N2O3. The number of carbonyl (C=O) groups is 2. The second-order valence-corrected chi connectivity index (χ2v) is 3.92. The van der Waals surface area contributed by atoms with Gasteiger partial charge >= 0.3 is 5.97 Å². The van der Waals surface area contributed by atoms with E-state index in [1.807, 2.05) is 11.8 Å². The quantitative estimate of drug-likeness (QED) is 0.670. The molecule has 0 unspecified atom stereocenters. The number of likely N-dealkylation sites (N-methyl/N-ethyl adjacent to an activating group) is 2. The predicted octanol–water partition coefficient (Wildman–Crippen LogP) is 0.427. The van der Waals surface area contributed by atoms with Crippen LogP contribution in [-0.4, -0.2) is 60.5 Å². The van der Waals surface area contributed by atoms with Gasteiger partial charge in [-0.05, 0) is 13.5 Å². The predicted molar refractivity (Wildman–Crippen MR) is 62.2 cm³/mol. The second kappa shape index (κ2) is 7.00. The molecule has 0 atom stereocenters. The van der Waals surface area contributed by atoms with Gasteiger partial charge in [0.15, 0.2) is 0 Å². The zero-order valence-electron chi connectivity index (χ0n) is 10.4. The van der Waals surface area contributed by atoms with Gasteiger partial charge in [-0.3, -0.25) is 9.69 Å². The van der Waals surface area contributed by atoms with Crippen LogP contribution in [0.4, 0.5) is 0 Å². The molecule has 1 amide bonds. The van der Waals surface area contributed by atoms with Crippen molar-refractivity contribution in [3.63, 3.8) is 0 Å². The van der Waals surface area contributed by atoms with Crippen LogP contribution in [0.15, 0.2) is 11.6 Å². The molecule has 0 heterocycles. The first-order chi connectivity index (χ1) is 7.36. The lowest BCUT2D eigenvalue weighted by molar-refractivity contribution is -0.131. The zero-order valence-corrected chi connectivity index (χ0v) is 10.4. The number of aliphatic carboxylic acids is 1. The third-order valence-corrected chi connectivity index (χ3v) is 2.15. The molecule has 0 bridgehead atoms. The second-order valence-electron chi connectivity index (χ2n) is 3.92. The number of amides is 1. The Hall–Kier alpha value is -1.36. The van der Waals surface area contributed by atoms with Gasteiger partial charge in [-0.15, -0.1) is 0 Å². The van der Waals surface area contributed by atoms with Crippen LogP contribution in [0.2, 0.25) is 0 Å². The van der Waals surface area contributed by atoms with Gasteiger partial charge in [-0.25, -0.2) is 4.79 Å². The van der Waals surface area contributed by atoms with Crippen molar-refractivity contribution in [2.45, 2.75) is 13.8 Å². The molecule has 0 spiro atoms. The fourth-order valence-electron chi connectivity index (χ4n) is 1.22. The lowest BCUT2D eigenvalue weighted by Crippen LogP contribution is -2.37. The molecular weight excluding hydrogens is 208 g/mol. The topological polar surface area (TPSA) is 60.9 Å². The lowest BCUT2D eigenvalue weighted by atomic mass is 10.2. The van der Waals surface area contributed by atoms with Gasteiger partial charge in [0.1, 0.15) is 0 Å². The Morgan fingerprint density at radius 1 is 1.25 bits per heavy atom. The van der Waals surface area contributed by atoms with Crippen LogP contribution in [0.25, 0.3) is 0 Å². The van der Waals surface area contributed by atoms with Crippen molar-refractivity contribution in [1.82, 2.24) is 9.80 Å². The van der Waals surface area contributed by atoms with E-state index in [2.05, 4.69) is 0 Å². The summed E-state index contributed by atoms with van der Waals surface area (Å²) < 4.78 is 0. The minimum atomic E-state index is -0.951. The third-order valence-electron chi connectivity index (χ3n) is 2.15. The minimum Gasteiger partial charge on any atom is -0.478 e. The maximum Gasteiger partial charge on any atom is 0.328 e. The summed E-state index contributed by atoms with van der Waals surface area (Å²) >= 11 is 0. The van der Waals surface area contributed by atoms with Gasteiger partial charge in [-0.2, -0.15) is 0 Å². The summed E-state index contributed by atoms with van der Waals surface area (Å²) in [5, 5.41) is 8.57. The first-order valence-corrected chi connectivity index (χ1v) is 5.19. The summed E-state index contributed by atoms with van der Waals surface area (Å²) in [6.07, 6.45) is 1.17. The molecule has 0 aromatic heterocycles. The number of carbonyl (C=O) groups excluding carboxylic acids is 1. The number of carboxylic acid groups (broad SMARTS) is 1. The SMILES string of the molecule is CCN(CC(=O)N(C)C)CC(C)=CC(=O)O. The standard InChI is InChI=1S/C11H20N2O3/c1-5-13(8-10(14)12(3)4)7-9(2)6-11(15)16/h6H,5,7-8H2,1-4H3,(H,15,16). The molecule has 1 N–H and O–H groups in total. The van der Waals surface area contributed by atoms with Crippen molar-refractivity contribution >= 4 is 11.9 Å². The van der Waals surface area contributed by atoms with E-state index in [0.717, 1.165) is 5.57 Å². The Labute approximate surface area is 96.3 Å². The average molecular weight is 228 g/mol. The Balaban J connectivity index is 4.31. The van der Waals surface area contributed by atoms with Gasteiger partial charge in [0.05, 0.1) is 6.54 Å². The van der Waals surface area contributed by atoms with E-state index < -0.39 is 5.97 Å². The molecule has 0 aliphatic heterocycles. The molecule has 16 heavy (non-hydrogen) atoms. The average Bonchev–Trinajstić information content (AvgIpc) is 2.14. The van der Waals surface area contributed by atoms with Crippen LogP contribution in [0.1, 0.15) is 13.8 Å². The van der Waals surface area contributed by atoms with Crippen LogP contribution >= 0.6 is 0 Å². The van der Waals surface area contributed by atoms with E-state index in [1.54, 1.807) is 21.0 Å². The zero-order chi connectivity index (χ0) is 12.7. The largest absolute Gasteiger partial charge is 0.478 e. The fraction of sp³-hybridized carbons (Fsp3) is 0.636. The van der Waals surface area contributed by atoms with Crippen molar-refractivity contribution in [2.75, 3.05) is 33.7 Å². The Morgan fingerprint density at radius 3 is 2.19 bits per heavy atom. The Kier molecular flexibility index (Phi) is 6.41. The summed E-state index contributed by atoms with van der Waals surface area (Å²) in [4.78, 5) is 25.3. The highest BCUT2D eigenvalue weighted by Gasteiger charge is 2.11. The van der Waals surface area contributed by atoms with Gasteiger partial charge in [0.25, 0.3) is 0 Å². The summed E-state index contributed by atoms with van der Waals surface area (Å²) in [5.41, 5.74) is 0.737. The van der Waals surface area contributed by atoms with E-state index in [4.69, 9.17) is 5.11 Å². The summed E-state index contributed by atoms with van der Waals surface area (Å²) in [7, 11) is 3.41. The Morgan fingerprint density at radius 2 is 1.81 bits per heavy atom. The molecule has 0 aliphatic rings. The monoisotopic (exact) mass is 228 g/mol. The van der Waals surface area contributed by atoms with Gasteiger partial charge < -0.3 is 10.0 Å². The molecule has 5 heteroatoms. The number of hydrogen-bond donors (Lipinski definition) is 1. The highest BCUT2D eigenvalue weighted by atomic mass is 16.4. The van der Waals surface area contributed by atoms with Crippen LogP contribution in [0.3, 0.4) is 0 Å². The van der Waals surface area contributed by atoms with E-state index in [9.17, 15) is 9.59 Å². The fourth-order valence-corrected chi connectivity index (χ4v) is 1.22. The lowest BCUT2D eigenvalue weighted by Gasteiger charge is -2.21.